The minimum Gasteiger partial charge on any atom is -0.493 e. The fraction of sp³-hybridized carbons (Fsp3) is 0.471. The van der Waals surface area contributed by atoms with Crippen LogP contribution in [0.2, 0.25) is 0 Å². The van der Waals surface area contributed by atoms with Gasteiger partial charge in [-0.25, -0.2) is 0 Å². The van der Waals surface area contributed by atoms with Crippen molar-refractivity contribution in [3.63, 3.8) is 0 Å². The molecule has 2 heterocycles. The molecule has 1 fully saturated rings. The maximum atomic E-state index is 12.6. The summed E-state index contributed by atoms with van der Waals surface area (Å²) < 4.78 is 5.78. The molecule has 2 aliphatic rings. The molecule has 1 aromatic rings. The number of hydrogen-bond acceptors (Lipinski definition) is 4. The molecule has 23 heavy (non-hydrogen) atoms. The van der Waals surface area contributed by atoms with Gasteiger partial charge in [0, 0.05) is 17.5 Å². The van der Waals surface area contributed by atoms with Gasteiger partial charge in [0.15, 0.2) is 0 Å². The van der Waals surface area contributed by atoms with Crippen molar-refractivity contribution >= 4 is 17.7 Å². The number of rotatable bonds is 5. The predicted octanol–water partition coefficient (Wildman–Crippen LogP) is 1.63. The summed E-state index contributed by atoms with van der Waals surface area (Å²) in [4.78, 5) is 37.5. The van der Waals surface area contributed by atoms with E-state index in [1.807, 2.05) is 6.07 Å². The summed E-state index contributed by atoms with van der Waals surface area (Å²) in [5.41, 5.74) is 1.42. The Morgan fingerprint density at radius 2 is 2.13 bits per heavy atom. The number of carbonyl (C=O) groups is 3. The number of nitrogens with zero attached hydrogens (tertiary/aromatic N) is 1. The van der Waals surface area contributed by atoms with Crippen LogP contribution in [0.25, 0.3) is 0 Å². The quantitative estimate of drug-likeness (QED) is 0.662. The summed E-state index contributed by atoms with van der Waals surface area (Å²) in [6, 6.07) is 4.83. The highest BCUT2D eigenvalue weighted by Crippen LogP contribution is 2.33. The monoisotopic (exact) mass is 316 g/mol. The predicted molar refractivity (Wildman–Crippen MR) is 82.9 cm³/mol. The Labute approximate surface area is 134 Å². The molecule has 6 heteroatoms. The van der Waals surface area contributed by atoms with E-state index in [9.17, 15) is 14.4 Å². The van der Waals surface area contributed by atoms with Crippen molar-refractivity contribution in [1.82, 2.24) is 10.2 Å². The lowest BCUT2D eigenvalue weighted by molar-refractivity contribution is -0.136. The van der Waals surface area contributed by atoms with Crippen LogP contribution in [-0.4, -0.2) is 35.3 Å². The lowest BCUT2D eigenvalue weighted by Crippen LogP contribution is -2.52. The second-order valence-electron chi connectivity index (χ2n) is 5.88. The summed E-state index contributed by atoms with van der Waals surface area (Å²) >= 11 is 0. The van der Waals surface area contributed by atoms with Crippen LogP contribution < -0.4 is 10.1 Å². The average molecular weight is 316 g/mol. The maximum Gasteiger partial charge on any atom is 0.255 e. The van der Waals surface area contributed by atoms with Crippen LogP contribution in [0.3, 0.4) is 0 Å². The molecule has 1 aromatic carbocycles. The number of piperidine rings is 1. The van der Waals surface area contributed by atoms with Gasteiger partial charge in [0.05, 0.1) is 13.2 Å². The van der Waals surface area contributed by atoms with Gasteiger partial charge in [-0.3, -0.25) is 19.7 Å². The third-order valence-corrected chi connectivity index (χ3v) is 4.29. The molecular weight excluding hydrogens is 296 g/mol. The first-order valence-electron chi connectivity index (χ1n) is 8.01. The van der Waals surface area contributed by atoms with E-state index in [0.717, 1.165) is 18.4 Å². The fourth-order valence-corrected chi connectivity index (χ4v) is 3.02. The number of benzene rings is 1. The maximum absolute atomic E-state index is 12.6. The molecular formula is C17H20N2O4. The fourth-order valence-electron chi connectivity index (χ4n) is 3.02. The van der Waals surface area contributed by atoms with Crippen molar-refractivity contribution in [2.45, 2.75) is 45.2 Å². The number of ether oxygens (including phenoxy) is 1. The van der Waals surface area contributed by atoms with Gasteiger partial charge >= 0.3 is 0 Å². The van der Waals surface area contributed by atoms with Crippen LogP contribution in [-0.2, 0) is 16.1 Å². The summed E-state index contributed by atoms with van der Waals surface area (Å²) in [6.45, 7) is 3.05. The molecule has 1 N–H and O–H groups in total. The van der Waals surface area contributed by atoms with E-state index < -0.39 is 11.9 Å². The molecule has 1 unspecified atom stereocenters. The van der Waals surface area contributed by atoms with Gasteiger partial charge in [-0.15, -0.1) is 0 Å². The lowest BCUT2D eigenvalue weighted by Gasteiger charge is -2.29. The normalized spacial score (nSPS) is 20.5. The van der Waals surface area contributed by atoms with Gasteiger partial charge in [-0.1, -0.05) is 19.4 Å². The Hall–Kier alpha value is -2.37. The Balaban J connectivity index is 1.80. The molecule has 0 aliphatic carbocycles. The molecule has 3 amide bonds. The Morgan fingerprint density at radius 3 is 2.87 bits per heavy atom. The van der Waals surface area contributed by atoms with Crippen molar-refractivity contribution in [1.29, 1.82) is 0 Å². The summed E-state index contributed by atoms with van der Waals surface area (Å²) in [5.74, 6) is -0.135. The molecule has 0 spiro atoms. The van der Waals surface area contributed by atoms with Gasteiger partial charge in [-0.2, -0.15) is 0 Å². The van der Waals surface area contributed by atoms with Gasteiger partial charge in [-0.05, 0) is 25.0 Å². The lowest BCUT2D eigenvalue weighted by atomic mass is 10.0. The summed E-state index contributed by atoms with van der Waals surface area (Å²) in [5, 5.41) is 2.31. The van der Waals surface area contributed by atoms with Crippen LogP contribution in [0.15, 0.2) is 18.2 Å². The Bertz CT molecular complexity index is 656. The third kappa shape index (κ3) is 2.93. The van der Waals surface area contributed by atoms with Crippen molar-refractivity contribution in [2.24, 2.45) is 0 Å². The van der Waals surface area contributed by atoms with Crippen LogP contribution in [0.5, 0.6) is 5.75 Å². The molecule has 3 rings (SSSR count). The zero-order valence-corrected chi connectivity index (χ0v) is 13.1. The van der Waals surface area contributed by atoms with Crippen LogP contribution in [0, 0.1) is 0 Å². The number of hydrogen-bond donors (Lipinski definition) is 1. The highest BCUT2D eigenvalue weighted by molar-refractivity contribution is 6.05. The zero-order valence-electron chi connectivity index (χ0n) is 13.1. The van der Waals surface area contributed by atoms with Crippen molar-refractivity contribution in [2.75, 3.05) is 6.61 Å². The first kappa shape index (κ1) is 15.5. The zero-order chi connectivity index (χ0) is 16.4. The number of unbranched alkanes of at least 4 members (excludes halogenated alkanes) is 1. The van der Waals surface area contributed by atoms with Crippen molar-refractivity contribution in [3.05, 3.63) is 29.3 Å². The smallest absolute Gasteiger partial charge is 0.255 e. The minimum absolute atomic E-state index is 0.171. The first-order chi connectivity index (χ1) is 11.1. The van der Waals surface area contributed by atoms with E-state index >= 15 is 0 Å². The van der Waals surface area contributed by atoms with Crippen LogP contribution >= 0.6 is 0 Å². The van der Waals surface area contributed by atoms with E-state index in [-0.39, 0.29) is 18.2 Å². The van der Waals surface area contributed by atoms with E-state index in [4.69, 9.17) is 4.74 Å². The largest absolute Gasteiger partial charge is 0.493 e. The van der Waals surface area contributed by atoms with Crippen molar-refractivity contribution in [3.8, 4) is 5.75 Å². The highest BCUT2D eigenvalue weighted by atomic mass is 16.5. The number of fused-ring (bicyclic) bond motifs is 1. The molecule has 1 saturated heterocycles. The molecule has 1 atom stereocenters. The van der Waals surface area contributed by atoms with Crippen molar-refractivity contribution < 1.29 is 19.1 Å². The molecule has 0 bridgehead atoms. The van der Waals surface area contributed by atoms with Gasteiger partial charge in [0.25, 0.3) is 5.91 Å². The van der Waals surface area contributed by atoms with Gasteiger partial charge < -0.3 is 9.64 Å². The average Bonchev–Trinajstić information content (AvgIpc) is 2.86. The number of amides is 3. The Kier molecular flexibility index (Phi) is 4.32. The van der Waals surface area contributed by atoms with Crippen LogP contribution in [0.4, 0.5) is 0 Å². The summed E-state index contributed by atoms with van der Waals surface area (Å²) in [6.07, 6.45) is 2.62. The minimum atomic E-state index is -0.587. The number of imide groups is 1. The first-order valence-corrected chi connectivity index (χ1v) is 8.01. The molecule has 0 aromatic heterocycles. The van der Waals surface area contributed by atoms with Gasteiger partial charge in [0.1, 0.15) is 11.8 Å². The van der Waals surface area contributed by atoms with Crippen LogP contribution in [0.1, 0.15) is 48.5 Å². The summed E-state index contributed by atoms with van der Waals surface area (Å²) in [7, 11) is 0. The second-order valence-corrected chi connectivity index (χ2v) is 5.88. The third-order valence-electron chi connectivity index (χ3n) is 4.29. The van der Waals surface area contributed by atoms with E-state index in [1.54, 1.807) is 17.0 Å². The number of carbonyl (C=O) groups excluding carboxylic acids is 3. The Morgan fingerprint density at radius 1 is 1.30 bits per heavy atom. The molecule has 2 aliphatic heterocycles. The molecule has 122 valence electrons. The SMILES string of the molecule is CCCCOc1cccc2c1CN(C1CCC(=O)NC1=O)C2=O. The molecule has 6 nitrogen and oxygen atoms in total. The highest BCUT2D eigenvalue weighted by Gasteiger charge is 2.40. The van der Waals surface area contributed by atoms with E-state index in [2.05, 4.69) is 12.2 Å². The van der Waals surface area contributed by atoms with E-state index in [1.165, 1.54) is 0 Å². The van der Waals surface area contributed by atoms with E-state index in [0.29, 0.717) is 30.9 Å². The second kappa shape index (κ2) is 6.40. The standard InChI is InChI=1S/C17H20N2O4/c1-2-3-9-23-14-6-4-5-11-12(14)10-19(17(11)22)13-7-8-15(20)18-16(13)21/h4-6,13H,2-3,7-10H2,1H3,(H,18,20,21). The topological polar surface area (TPSA) is 75.7 Å². The molecule has 0 saturated carbocycles. The molecule has 0 radical (unpaired) electrons. The van der Waals surface area contributed by atoms with Gasteiger partial charge in [0.2, 0.25) is 11.8 Å². The number of nitrogens with one attached hydrogen (secondary N) is 1.